The average molecular weight is 386 g/mol. The molecule has 0 aliphatic heterocycles. The van der Waals surface area contributed by atoms with Gasteiger partial charge in [0.25, 0.3) is 0 Å². The van der Waals surface area contributed by atoms with Crippen LogP contribution in [0.4, 0.5) is 0 Å². The van der Waals surface area contributed by atoms with Gasteiger partial charge in [0.15, 0.2) is 5.16 Å². The Morgan fingerprint density at radius 2 is 2.00 bits per heavy atom. The molecule has 0 aliphatic carbocycles. The Bertz CT molecular complexity index is 903. The largest absolute Gasteiger partial charge is 0.370 e. The van der Waals surface area contributed by atoms with Crippen molar-refractivity contribution in [3.63, 3.8) is 0 Å². The molecule has 0 aliphatic rings. The van der Waals surface area contributed by atoms with Gasteiger partial charge in [-0.25, -0.2) is 0 Å². The van der Waals surface area contributed by atoms with Gasteiger partial charge in [0.2, 0.25) is 17.6 Å². The lowest BCUT2D eigenvalue weighted by Crippen LogP contribution is -2.13. The third kappa shape index (κ3) is 4.73. The van der Waals surface area contributed by atoms with Crippen molar-refractivity contribution in [2.45, 2.75) is 50.6 Å². The van der Waals surface area contributed by atoms with Crippen molar-refractivity contribution in [3.8, 4) is 11.4 Å². The number of nitrogens with two attached hydrogens (primary N) is 1. The molecule has 0 bridgehead atoms. The van der Waals surface area contributed by atoms with Gasteiger partial charge in [-0.05, 0) is 18.9 Å². The van der Waals surface area contributed by atoms with Gasteiger partial charge in [-0.3, -0.25) is 4.79 Å². The first-order chi connectivity index (χ1) is 13.1. The van der Waals surface area contributed by atoms with Gasteiger partial charge in [0.1, 0.15) is 5.82 Å². The highest BCUT2D eigenvalue weighted by Gasteiger charge is 2.15. The molecular formula is C18H22N6O2S. The molecule has 0 unspecified atom stereocenters. The van der Waals surface area contributed by atoms with Gasteiger partial charge >= 0.3 is 0 Å². The van der Waals surface area contributed by atoms with E-state index in [1.807, 2.05) is 23.6 Å². The monoisotopic (exact) mass is 386 g/mol. The van der Waals surface area contributed by atoms with Gasteiger partial charge in [0, 0.05) is 24.9 Å². The standard InChI is InChI=1S/C18H22N6O2S/c1-3-12-5-7-13(8-6-12)17-20-16(26-23-17)11-27-18-22-21-15(24(18)4-2)10-9-14(19)25/h5-8H,3-4,9-11H2,1-2H3,(H2,19,25). The molecule has 3 rings (SSSR count). The Kier molecular flexibility index (Phi) is 6.23. The molecular weight excluding hydrogens is 364 g/mol. The minimum Gasteiger partial charge on any atom is -0.370 e. The van der Waals surface area contributed by atoms with Crippen molar-refractivity contribution in [1.29, 1.82) is 0 Å². The van der Waals surface area contributed by atoms with Crippen LogP contribution in [0.25, 0.3) is 11.4 Å². The maximum Gasteiger partial charge on any atom is 0.237 e. The first-order valence-electron chi connectivity index (χ1n) is 8.85. The van der Waals surface area contributed by atoms with Gasteiger partial charge in [0.05, 0.1) is 5.75 Å². The Morgan fingerprint density at radius 1 is 1.22 bits per heavy atom. The summed E-state index contributed by atoms with van der Waals surface area (Å²) in [7, 11) is 0. The second-order valence-electron chi connectivity index (χ2n) is 5.96. The van der Waals surface area contributed by atoms with E-state index < -0.39 is 0 Å². The van der Waals surface area contributed by atoms with E-state index in [0.717, 1.165) is 23.0 Å². The summed E-state index contributed by atoms with van der Waals surface area (Å²) >= 11 is 1.47. The van der Waals surface area contributed by atoms with Gasteiger partial charge in [-0.1, -0.05) is 48.1 Å². The third-order valence-electron chi connectivity index (χ3n) is 4.12. The number of primary amides is 1. The summed E-state index contributed by atoms with van der Waals surface area (Å²) in [6, 6.07) is 8.13. The average Bonchev–Trinajstić information content (AvgIpc) is 3.31. The number of aromatic nitrogens is 5. The molecule has 2 aromatic heterocycles. The highest BCUT2D eigenvalue weighted by atomic mass is 32.2. The van der Waals surface area contributed by atoms with Crippen LogP contribution < -0.4 is 5.73 Å². The molecule has 142 valence electrons. The van der Waals surface area contributed by atoms with E-state index >= 15 is 0 Å². The Hall–Kier alpha value is -2.68. The second-order valence-corrected chi connectivity index (χ2v) is 6.90. The molecule has 2 heterocycles. The first-order valence-corrected chi connectivity index (χ1v) is 9.84. The van der Waals surface area contributed by atoms with Crippen molar-refractivity contribution in [2.24, 2.45) is 5.73 Å². The molecule has 2 N–H and O–H groups in total. The van der Waals surface area contributed by atoms with Crippen LogP contribution in [-0.4, -0.2) is 30.8 Å². The zero-order chi connectivity index (χ0) is 19.2. The Morgan fingerprint density at radius 3 is 2.67 bits per heavy atom. The van der Waals surface area contributed by atoms with Crippen LogP contribution in [0.3, 0.4) is 0 Å². The van der Waals surface area contributed by atoms with E-state index in [-0.39, 0.29) is 12.3 Å². The Labute approximate surface area is 161 Å². The number of carbonyl (C=O) groups is 1. The van der Waals surface area contributed by atoms with E-state index in [0.29, 0.717) is 30.4 Å². The van der Waals surface area contributed by atoms with E-state index in [1.54, 1.807) is 0 Å². The van der Waals surface area contributed by atoms with Crippen LogP contribution in [0.1, 0.15) is 37.5 Å². The molecule has 0 saturated carbocycles. The minimum absolute atomic E-state index is 0.257. The zero-order valence-electron chi connectivity index (χ0n) is 15.4. The highest BCUT2D eigenvalue weighted by molar-refractivity contribution is 7.98. The van der Waals surface area contributed by atoms with Crippen LogP contribution in [0.5, 0.6) is 0 Å². The zero-order valence-corrected chi connectivity index (χ0v) is 16.2. The predicted molar refractivity (Wildman–Crippen MR) is 102 cm³/mol. The SMILES string of the molecule is CCc1ccc(-c2noc(CSc3nnc(CCC(N)=O)n3CC)n2)cc1. The summed E-state index contributed by atoms with van der Waals surface area (Å²) in [5.41, 5.74) is 7.41. The van der Waals surface area contributed by atoms with Crippen LogP contribution in [0.15, 0.2) is 33.9 Å². The van der Waals surface area contributed by atoms with Crippen LogP contribution in [-0.2, 0) is 29.9 Å². The number of rotatable bonds is 9. The number of nitrogens with zero attached hydrogens (tertiary/aromatic N) is 5. The highest BCUT2D eigenvalue weighted by Crippen LogP contribution is 2.23. The maximum absolute atomic E-state index is 11.0. The van der Waals surface area contributed by atoms with Crippen molar-refractivity contribution >= 4 is 17.7 Å². The lowest BCUT2D eigenvalue weighted by atomic mass is 10.1. The minimum atomic E-state index is -0.347. The fraction of sp³-hybridized carbons (Fsp3) is 0.389. The normalized spacial score (nSPS) is 11.0. The van der Waals surface area contributed by atoms with Gasteiger partial charge in [-0.15, -0.1) is 10.2 Å². The molecule has 0 radical (unpaired) electrons. The lowest BCUT2D eigenvalue weighted by molar-refractivity contribution is -0.118. The number of amides is 1. The molecule has 9 heteroatoms. The number of thioether (sulfide) groups is 1. The van der Waals surface area contributed by atoms with Crippen molar-refractivity contribution in [3.05, 3.63) is 41.5 Å². The Balaban J connectivity index is 1.65. The number of carbonyl (C=O) groups excluding carboxylic acids is 1. The maximum atomic E-state index is 11.0. The smallest absolute Gasteiger partial charge is 0.237 e. The predicted octanol–water partition coefficient (Wildman–Crippen LogP) is 2.62. The number of benzene rings is 1. The summed E-state index contributed by atoms with van der Waals surface area (Å²) in [4.78, 5) is 15.4. The van der Waals surface area contributed by atoms with Gasteiger partial charge < -0.3 is 14.8 Å². The summed E-state index contributed by atoms with van der Waals surface area (Å²) in [5, 5.41) is 13.2. The molecule has 1 amide bonds. The fourth-order valence-electron chi connectivity index (χ4n) is 2.61. The fourth-order valence-corrected chi connectivity index (χ4v) is 3.47. The molecule has 0 spiro atoms. The molecule has 1 aromatic carbocycles. The van der Waals surface area contributed by atoms with E-state index in [4.69, 9.17) is 10.3 Å². The van der Waals surface area contributed by atoms with Crippen LogP contribution in [0.2, 0.25) is 0 Å². The number of hydrogen-bond acceptors (Lipinski definition) is 7. The summed E-state index contributed by atoms with van der Waals surface area (Å²) in [6.07, 6.45) is 1.73. The molecule has 0 saturated heterocycles. The van der Waals surface area contributed by atoms with Crippen LogP contribution in [0, 0.1) is 0 Å². The van der Waals surface area contributed by atoms with E-state index in [2.05, 4.69) is 39.4 Å². The quantitative estimate of drug-likeness (QED) is 0.562. The topological polar surface area (TPSA) is 113 Å². The molecule has 27 heavy (non-hydrogen) atoms. The van der Waals surface area contributed by atoms with Gasteiger partial charge in [-0.2, -0.15) is 4.98 Å². The summed E-state index contributed by atoms with van der Waals surface area (Å²) in [6.45, 7) is 4.83. The van der Waals surface area contributed by atoms with Crippen LogP contribution >= 0.6 is 11.8 Å². The van der Waals surface area contributed by atoms with E-state index in [1.165, 1.54) is 17.3 Å². The molecule has 8 nitrogen and oxygen atoms in total. The number of aryl methyl sites for hydroxylation is 2. The van der Waals surface area contributed by atoms with E-state index in [9.17, 15) is 4.79 Å². The molecule has 3 aromatic rings. The summed E-state index contributed by atoms with van der Waals surface area (Å²) in [5.74, 6) is 2.00. The summed E-state index contributed by atoms with van der Waals surface area (Å²) < 4.78 is 7.32. The second kappa shape index (κ2) is 8.81. The van der Waals surface area contributed by atoms with Crippen molar-refractivity contribution in [1.82, 2.24) is 24.9 Å². The lowest BCUT2D eigenvalue weighted by Gasteiger charge is -2.05. The first kappa shape index (κ1) is 19.1. The molecule has 0 fully saturated rings. The molecule has 0 atom stereocenters. The number of hydrogen-bond donors (Lipinski definition) is 1. The van der Waals surface area contributed by atoms with Crippen molar-refractivity contribution in [2.75, 3.05) is 0 Å². The third-order valence-corrected chi connectivity index (χ3v) is 5.07. The van der Waals surface area contributed by atoms with Crippen molar-refractivity contribution < 1.29 is 9.32 Å².